The summed E-state index contributed by atoms with van der Waals surface area (Å²) >= 11 is 5.71. The van der Waals surface area contributed by atoms with E-state index in [9.17, 15) is 14.9 Å². The van der Waals surface area contributed by atoms with Gasteiger partial charge in [0, 0.05) is 17.5 Å². The number of anilines is 1. The molecule has 0 aliphatic rings. The number of benzene rings is 1. The molecule has 94 valence electrons. The zero-order valence-electron chi connectivity index (χ0n) is 9.09. The molecule has 0 fully saturated rings. The van der Waals surface area contributed by atoms with E-state index in [-0.39, 0.29) is 22.8 Å². The van der Waals surface area contributed by atoms with Crippen molar-refractivity contribution in [2.75, 3.05) is 5.32 Å². The average molecular weight is 269 g/mol. The average Bonchev–Trinajstić information content (AvgIpc) is 2.28. The standard InChI is InChI=1S/C11H9ClN2O4/c1-2-3-8(11(15)16)13-9-6-7(12)4-5-10(9)14(17)18/h1,4-6,8,13H,3H2,(H,15,16). The fraction of sp³-hybridized carbons (Fsp3) is 0.182. The maximum absolute atomic E-state index is 10.9. The highest BCUT2D eigenvalue weighted by Gasteiger charge is 2.21. The van der Waals surface area contributed by atoms with Crippen LogP contribution in [0.1, 0.15) is 6.42 Å². The largest absolute Gasteiger partial charge is 0.480 e. The Morgan fingerprint density at radius 3 is 2.83 bits per heavy atom. The predicted octanol–water partition coefficient (Wildman–Crippen LogP) is 2.14. The number of carboxylic acids is 1. The van der Waals surface area contributed by atoms with E-state index in [4.69, 9.17) is 23.1 Å². The van der Waals surface area contributed by atoms with E-state index in [1.807, 2.05) is 0 Å². The fourth-order valence-electron chi connectivity index (χ4n) is 1.29. The molecule has 0 aliphatic heterocycles. The number of carbonyl (C=O) groups is 1. The lowest BCUT2D eigenvalue weighted by Gasteiger charge is -2.13. The number of carboxylic acid groups (broad SMARTS) is 1. The van der Waals surface area contributed by atoms with Crippen molar-refractivity contribution in [1.29, 1.82) is 0 Å². The number of halogens is 1. The molecule has 1 rings (SSSR count). The second-order valence-corrected chi connectivity index (χ2v) is 3.80. The monoisotopic (exact) mass is 268 g/mol. The van der Waals surface area contributed by atoms with Gasteiger partial charge in [0.15, 0.2) is 0 Å². The molecule has 0 saturated carbocycles. The van der Waals surface area contributed by atoms with E-state index in [0.29, 0.717) is 0 Å². The number of hydrogen-bond acceptors (Lipinski definition) is 4. The highest BCUT2D eigenvalue weighted by Crippen LogP contribution is 2.28. The molecule has 1 aromatic carbocycles. The van der Waals surface area contributed by atoms with Gasteiger partial charge in [0.25, 0.3) is 5.69 Å². The molecule has 0 heterocycles. The fourth-order valence-corrected chi connectivity index (χ4v) is 1.46. The number of hydrogen-bond donors (Lipinski definition) is 2. The smallest absolute Gasteiger partial charge is 0.327 e. The third-order valence-corrected chi connectivity index (χ3v) is 2.34. The van der Waals surface area contributed by atoms with Gasteiger partial charge in [-0.25, -0.2) is 4.79 Å². The lowest BCUT2D eigenvalue weighted by molar-refractivity contribution is -0.384. The Labute approximate surface area is 108 Å². The van der Waals surface area contributed by atoms with E-state index in [1.165, 1.54) is 18.2 Å². The van der Waals surface area contributed by atoms with Crippen molar-refractivity contribution in [3.8, 4) is 12.3 Å². The van der Waals surface area contributed by atoms with Gasteiger partial charge in [-0.05, 0) is 12.1 Å². The minimum absolute atomic E-state index is 0.0233. The molecule has 0 amide bonds. The highest BCUT2D eigenvalue weighted by molar-refractivity contribution is 6.31. The second-order valence-electron chi connectivity index (χ2n) is 3.36. The number of terminal acetylenes is 1. The van der Waals surface area contributed by atoms with Crippen molar-refractivity contribution >= 4 is 28.9 Å². The van der Waals surface area contributed by atoms with Crippen molar-refractivity contribution in [3.05, 3.63) is 33.3 Å². The molecule has 7 heteroatoms. The van der Waals surface area contributed by atoms with Gasteiger partial charge in [-0.2, -0.15) is 0 Å². The summed E-state index contributed by atoms with van der Waals surface area (Å²) < 4.78 is 0. The first-order chi connectivity index (χ1) is 8.45. The number of nitro groups is 1. The van der Waals surface area contributed by atoms with Crippen LogP contribution < -0.4 is 5.32 Å². The van der Waals surface area contributed by atoms with Crippen molar-refractivity contribution in [1.82, 2.24) is 0 Å². The molecule has 0 radical (unpaired) electrons. The van der Waals surface area contributed by atoms with Gasteiger partial charge in [-0.3, -0.25) is 10.1 Å². The van der Waals surface area contributed by atoms with Crippen LogP contribution in [0.25, 0.3) is 0 Å². The van der Waals surface area contributed by atoms with E-state index < -0.39 is 16.9 Å². The summed E-state index contributed by atoms with van der Waals surface area (Å²) in [5.74, 6) is 0.994. The van der Waals surface area contributed by atoms with Gasteiger partial charge in [-0.15, -0.1) is 12.3 Å². The third kappa shape index (κ3) is 3.37. The number of rotatable bonds is 5. The summed E-state index contributed by atoms with van der Waals surface area (Å²) in [6.07, 6.45) is 4.94. The summed E-state index contributed by atoms with van der Waals surface area (Å²) in [6.45, 7) is 0. The van der Waals surface area contributed by atoms with Crippen molar-refractivity contribution < 1.29 is 14.8 Å². The maximum atomic E-state index is 10.9. The topological polar surface area (TPSA) is 92.5 Å². The molecule has 18 heavy (non-hydrogen) atoms. The van der Waals surface area contributed by atoms with Crippen LogP contribution in [0.3, 0.4) is 0 Å². The summed E-state index contributed by atoms with van der Waals surface area (Å²) in [5, 5.41) is 22.4. The number of aliphatic carboxylic acids is 1. The lowest BCUT2D eigenvalue weighted by atomic mass is 10.2. The van der Waals surface area contributed by atoms with Crippen molar-refractivity contribution in [3.63, 3.8) is 0 Å². The van der Waals surface area contributed by atoms with E-state index >= 15 is 0 Å². The zero-order valence-corrected chi connectivity index (χ0v) is 9.85. The van der Waals surface area contributed by atoms with E-state index in [2.05, 4.69) is 11.2 Å². The highest BCUT2D eigenvalue weighted by atomic mass is 35.5. The summed E-state index contributed by atoms with van der Waals surface area (Å²) in [5.41, 5.74) is -0.238. The molecule has 2 N–H and O–H groups in total. The van der Waals surface area contributed by atoms with Gasteiger partial charge in [-0.1, -0.05) is 11.6 Å². The van der Waals surface area contributed by atoms with Crippen LogP contribution in [-0.2, 0) is 4.79 Å². The van der Waals surface area contributed by atoms with Crippen LogP contribution in [0.2, 0.25) is 5.02 Å². The Kier molecular flexibility index (Phi) is 4.52. The lowest BCUT2D eigenvalue weighted by Crippen LogP contribution is -2.29. The number of nitrogens with zero attached hydrogens (tertiary/aromatic N) is 1. The molecular weight excluding hydrogens is 260 g/mol. The van der Waals surface area contributed by atoms with Crippen LogP contribution in [0, 0.1) is 22.5 Å². The molecule has 0 spiro atoms. The zero-order chi connectivity index (χ0) is 13.7. The Morgan fingerprint density at radius 1 is 1.67 bits per heavy atom. The van der Waals surface area contributed by atoms with Gasteiger partial charge in [0.2, 0.25) is 0 Å². The van der Waals surface area contributed by atoms with Crippen LogP contribution in [0.4, 0.5) is 11.4 Å². The molecule has 1 aromatic rings. The van der Waals surface area contributed by atoms with Gasteiger partial charge >= 0.3 is 5.97 Å². The molecular formula is C11H9ClN2O4. The second kappa shape index (κ2) is 5.89. The quantitative estimate of drug-likeness (QED) is 0.485. The predicted molar refractivity (Wildman–Crippen MR) is 66.6 cm³/mol. The molecule has 1 unspecified atom stereocenters. The summed E-state index contributed by atoms with van der Waals surface area (Å²) in [4.78, 5) is 21.0. The first kappa shape index (κ1) is 13.8. The van der Waals surface area contributed by atoms with Crippen LogP contribution in [-0.4, -0.2) is 22.0 Å². The van der Waals surface area contributed by atoms with Crippen molar-refractivity contribution in [2.24, 2.45) is 0 Å². The first-order valence-electron chi connectivity index (χ1n) is 4.82. The Morgan fingerprint density at radius 2 is 2.33 bits per heavy atom. The summed E-state index contributed by atoms with van der Waals surface area (Å²) in [7, 11) is 0. The SMILES string of the molecule is C#CCC(Nc1cc(Cl)ccc1[N+](=O)[O-])C(=O)O. The van der Waals surface area contributed by atoms with Crippen LogP contribution in [0.5, 0.6) is 0 Å². The van der Waals surface area contributed by atoms with Gasteiger partial charge in [0.05, 0.1) is 4.92 Å². The Hall–Kier alpha value is -2.26. The Bertz CT molecular complexity index is 524. The number of nitrogens with one attached hydrogen (secondary N) is 1. The third-order valence-electron chi connectivity index (χ3n) is 2.11. The Balaban J connectivity index is 3.08. The molecule has 0 saturated heterocycles. The molecule has 0 aromatic heterocycles. The number of nitro benzene ring substituents is 1. The van der Waals surface area contributed by atoms with E-state index in [0.717, 1.165) is 0 Å². The normalized spacial score (nSPS) is 11.3. The molecule has 0 bridgehead atoms. The minimum atomic E-state index is -1.19. The van der Waals surface area contributed by atoms with Crippen LogP contribution >= 0.6 is 11.6 Å². The first-order valence-corrected chi connectivity index (χ1v) is 5.20. The molecule has 0 aliphatic carbocycles. The van der Waals surface area contributed by atoms with Crippen LogP contribution in [0.15, 0.2) is 18.2 Å². The summed E-state index contributed by atoms with van der Waals surface area (Å²) in [6, 6.07) is 2.72. The minimum Gasteiger partial charge on any atom is -0.480 e. The van der Waals surface area contributed by atoms with Gasteiger partial charge < -0.3 is 10.4 Å². The van der Waals surface area contributed by atoms with Crippen molar-refractivity contribution in [2.45, 2.75) is 12.5 Å². The van der Waals surface area contributed by atoms with Gasteiger partial charge in [0.1, 0.15) is 11.7 Å². The van der Waals surface area contributed by atoms with E-state index in [1.54, 1.807) is 0 Å². The molecule has 1 atom stereocenters. The molecule has 6 nitrogen and oxygen atoms in total. The maximum Gasteiger partial charge on any atom is 0.327 e.